The zero-order valence-corrected chi connectivity index (χ0v) is 13.9. The molecule has 0 aliphatic heterocycles. The molecule has 1 aromatic carbocycles. The Labute approximate surface area is 144 Å². The van der Waals surface area contributed by atoms with Crippen molar-refractivity contribution in [3.05, 3.63) is 48.2 Å². The average Bonchev–Trinajstić information content (AvgIpc) is 2.61. The number of nitrogens with one attached hydrogen (secondary N) is 2. The molecule has 3 rings (SSSR count). The van der Waals surface area contributed by atoms with Crippen LogP contribution in [0.5, 0.6) is 0 Å². The minimum atomic E-state index is -0.326. The fourth-order valence-corrected chi connectivity index (χ4v) is 2.33. The summed E-state index contributed by atoms with van der Waals surface area (Å²) >= 11 is 0. The standard InChI is InChI=1S/C18H17N5O2/c1-3-19-18(25)23-16-8-7-14-17(22-16)21-15(10-20-14)13-6-4-5-12(9-13)11(2)24/h4-10H,3H2,1-2H3,(H2,19,21,22,23,25). The molecule has 3 aromatic rings. The summed E-state index contributed by atoms with van der Waals surface area (Å²) in [6.45, 7) is 3.88. The van der Waals surface area contributed by atoms with E-state index in [-0.39, 0.29) is 11.8 Å². The number of rotatable bonds is 4. The smallest absolute Gasteiger partial charge is 0.320 e. The maximum atomic E-state index is 11.6. The first-order valence-electron chi connectivity index (χ1n) is 7.87. The summed E-state index contributed by atoms with van der Waals surface area (Å²) in [4.78, 5) is 36.3. The molecule has 7 nitrogen and oxygen atoms in total. The summed E-state index contributed by atoms with van der Waals surface area (Å²) in [5.41, 5.74) is 3.04. The van der Waals surface area contributed by atoms with Crippen LogP contribution in [0.3, 0.4) is 0 Å². The number of carbonyl (C=O) groups is 2. The van der Waals surface area contributed by atoms with E-state index >= 15 is 0 Å². The Kier molecular flexibility index (Phi) is 4.65. The van der Waals surface area contributed by atoms with E-state index in [1.807, 2.05) is 13.0 Å². The van der Waals surface area contributed by atoms with Crippen molar-refractivity contribution in [3.63, 3.8) is 0 Å². The second kappa shape index (κ2) is 7.04. The van der Waals surface area contributed by atoms with Crippen molar-refractivity contribution >= 4 is 28.8 Å². The van der Waals surface area contributed by atoms with Crippen molar-refractivity contribution in [2.45, 2.75) is 13.8 Å². The van der Waals surface area contributed by atoms with Crippen molar-refractivity contribution in [2.24, 2.45) is 0 Å². The number of fused-ring (bicyclic) bond motifs is 1. The molecular weight excluding hydrogens is 318 g/mol. The van der Waals surface area contributed by atoms with Crippen molar-refractivity contribution in [2.75, 3.05) is 11.9 Å². The number of aromatic nitrogens is 3. The normalized spacial score (nSPS) is 10.5. The lowest BCUT2D eigenvalue weighted by atomic mass is 10.1. The molecule has 0 atom stereocenters. The lowest BCUT2D eigenvalue weighted by Gasteiger charge is -2.07. The number of benzene rings is 1. The topological polar surface area (TPSA) is 96.9 Å². The molecule has 2 N–H and O–H groups in total. The number of anilines is 1. The predicted molar refractivity (Wildman–Crippen MR) is 95.5 cm³/mol. The molecule has 0 radical (unpaired) electrons. The van der Waals surface area contributed by atoms with E-state index in [2.05, 4.69) is 25.6 Å². The van der Waals surface area contributed by atoms with E-state index in [1.54, 1.807) is 36.5 Å². The van der Waals surface area contributed by atoms with Gasteiger partial charge in [-0.1, -0.05) is 18.2 Å². The van der Waals surface area contributed by atoms with Gasteiger partial charge in [-0.2, -0.15) is 0 Å². The molecule has 2 aromatic heterocycles. The molecule has 126 valence electrons. The number of amides is 2. The highest BCUT2D eigenvalue weighted by molar-refractivity contribution is 5.95. The fourth-order valence-electron chi connectivity index (χ4n) is 2.33. The van der Waals surface area contributed by atoms with Crippen LogP contribution in [0.25, 0.3) is 22.4 Å². The molecule has 0 fully saturated rings. The van der Waals surface area contributed by atoms with Crippen LogP contribution in [-0.4, -0.2) is 33.3 Å². The van der Waals surface area contributed by atoms with E-state index in [1.165, 1.54) is 6.92 Å². The second-order valence-electron chi connectivity index (χ2n) is 5.42. The van der Waals surface area contributed by atoms with Gasteiger partial charge < -0.3 is 5.32 Å². The molecule has 25 heavy (non-hydrogen) atoms. The molecule has 2 heterocycles. The minimum absolute atomic E-state index is 0.0119. The second-order valence-corrected chi connectivity index (χ2v) is 5.42. The SMILES string of the molecule is CCNC(=O)Nc1ccc2ncc(-c3cccc(C(C)=O)c3)nc2n1. The molecule has 0 saturated heterocycles. The van der Waals surface area contributed by atoms with Crippen LogP contribution < -0.4 is 10.6 Å². The third-order valence-electron chi connectivity index (χ3n) is 3.55. The highest BCUT2D eigenvalue weighted by atomic mass is 16.2. The molecule has 0 unspecified atom stereocenters. The van der Waals surface area contributed by atoms with Crippen molar-refractivity contribution < 1.29 is 9.59 Å². The quantitative estimate of drug-likeness (QED) is 0.714. The number of pyridine rings is 1. The maximum absolute atomic E-state index is 11.6. The molecule has 0 aliphatic carbocycles. The molecule has 0 spiro atoms. The third-order valence-corrected chi connectivity index (χ3v) is 3.55. The van der Waals surface area contributed by atoms with Gasteiger partial charge >= 0.3 is 6.03 Å². The van der Waals surface area contributed by atoms with Gasteiger partial charge in [0.05, 0.1) is 11.9 Å². The number of nitrogens with zero attached hydrogens (tertiary/aromatic N) is 3. The van der Waals surface area contributed by atoms with Gasteiger partial charge in [-0.15, -0.1) is 0 Å². The predicted octanol–water partition coefficient (Wildman–Crippen LogP) is 3.04. The van der Waals surface area contributed by atoms with Crippen LogP contribution in [-0.2, 0) is 0 Å². The number of urea groups is 1. The van der Waals surface area contributed by atoms with Gasteiger partial charge in [-0.05, 0) is 32.0 Å². The molecule has 2 amide bonds. The van der Waals surface area contributed by atoms with E-state index < -0.39 is 0 Å². The Hall–Kier alpha value is -3.35. The number of hydrogen-bond donors (Lipinski definition) is 2. The Bertz CT molecular complexity index is 955. The van der Waals surface area contributed by atoms with E-state index in [0.29, 0.717) is 34.8 Å². The van der Waals surface area contributed by atoms with E-state index in [0.717, 1.165) is 5.56 Å². The first-order chi connectivity index (χ1) is 12.1. The summed E-state index contributed by atoms with van der Waals surface area (Å²) in [6, 6.07) is 10.3. The van der Waals surface area contributed by atoms with Crippen LogP contribution in [0.4, 0.5) is 10.6 Å². The third kappa shape index (κ3) is 3.77. The summed E-state index contributed by atoms with van der Waals surface area (Å²) < 4.78 is 0. The van der Waals surface area contributed by atoms with Crippen LogP contribution >= 0.6 is 0 Å². The number of hydrogen-bond acceptors (Lipinski definition) is 5. The first kappa shape index (κ1) is 16.5. The van der Waals surface area contributed by atoms with Gasteiger partial charge in [0.2, 0.25) is 0 Å². The number of ketones is 1. The molecule has 0 saturated carbocycles. The zero-order valence-electron chi connectivity index (χ0n) is 13.9. The molecular formula is C18H17N5O2. The molecule has 0 bridgehead atoms. The van der Waals surface area contributed by atoms with E-state index in [4.69, 9.17) is 0 Å². The van der Waals surface area contributed by atoms with Crippen molar-refractivity contribution in [1.29, 1.82) is 0 Å². The summed E-state index contributed by atoms with van der Waals surface area (Å²) in [7, 11) is 0. The lowest BCUT2D eigenvalue weighted by Crippen LogP contribution is -2.28. The Morgan fingerprint density at radius 2 is 1.96 bits per heavy atom. The van der Waals surface area contributed by atoms with Crippen LogP contribution in [0.15, 0.2) is 42.6 Å². The first-order valence-corrected chi connectivity index (χ1v) is 7.87. The highest BCUT2D eigenvalue weighted by Crippen LogP contribution is 2.20. The van der Waals surface area contributed by atoms with Gasteiger partial charge in [0, 0.05) is 17.7 Å². The monoisotopic (exact) mass is 335 g/mol. The maximum Gasteiger partial charge on any atom is 0.320 e. The van der Waals surface area contributed by atoms with Crippen molar-refractivity contribution in [3.8, 4) is 11.3 Å². The van der Waals surface area contributed by atoms with Gasteiger partial charge in [0.15, 0.2) is 11.4 Å². The highest BCUT2D eigenvalue weighted by Gasteiger charge is 2.08. The Morgan fingerprint density at radius 3 is 2.72 bits per heavy atom. The summed E-state index contributed by atoms with van der Waals surface area (Å²) in [6.07, 6.45) is 1.64. The Morgan fingerprint density at radius 1 is 1.12 bits per heavy atom. The van der Waals surface area contributed by atoms with Gasteiger partial charge in [-0.25, -0.2) is 14.8 Å². The van der Waals surface area contributed by atoms with Gasteiger partial charge in [-0.3, -0.25) is 15.1 Å². The van der Waals surface area contributed by atoms with Crippen LogP contribution in [0, 0.1) is 0 Å². The number of carbonyl (C=O) groups excluding carboxylic acids is 2. The van der Waals surface area contributed by atoms with Crippen molar-refractivity contribution in [1.82, 2.24) is 20.3 Å². The fraction of sp³-hybridized carbons (Fsp3) is 0.167. The average molecular weight is 335 g/mol. The number of Topliss-reactive ketones (excluding diaryl/α,β-unsaturated/α-hetero) is 1. The lowest BCUT2D eigenvalue weighted by molar-refractivity contribution is 0.101. The molecule has 0 aliphatic rings. The zero-order chi connectivity index (χ0) is 17.8. The summed E-state index contributed by atoms with van der Waals surface area (Å²) in [5, 5.41) is 5.28. The van der Waals surface area contributed by atoms with Crippen LogP contribution in [0.2, 0.25) is 0 Å². The minimum Gasteiger partial charge on any atom is -0.338 e. The molecule has 7 heteroatoms. The van der Waals surface area contributed by atoms with Gasteiger partial charge in [0.1, 0.15) is 11.3 Å². The van der Waals surface area contributed by atoms with E-state index in [9.17, 15) is 9.59 Å². The Balaban J connectivity index is 1.96. The largest absolute Gasteiger partial charge is 0.338 e. The van der Waals surface area contributed by atoms with Gasteiger partial charge in [0.25, 0.3) is 0 Å². The summed E-state index contributed by atoms with van der Waals surface area (Å²) in [5.74, 6) is 0.379. The van der Waals surface area contributed by atoms with Crippen LogP contribution in [0.1, 0.15) is 24.2 Å².